The van der Waals surface area contributed by atoms with E-state index >= 15 is 0 Å². The van der Waals surface area contributed by atoms with Crippen LogP contribution in [0.25, 0.3) is 6.08 Å². The van der Waals surface area contributed by atoms with Gasteiger partial charge < -0.3 is 20.4 Å². The average molecular weight is 366 g/mol. The summed E-state index contributed by atoms with van der Waals surface area (Å²) in [6, 6.07) is 13.2. The topological polar surface area (TPSA) is 72.8 Å². The zero-order valence-electron chi connectivity index (χ0n) is 15.6. The molecule has 142 valence electrons. The number of carbonyl (C=O) groups is 1. The van der Waals surface area contributed by atoms with Gasteiger partial charge in [-0.15, -0.1) is 0 Å². The first-order chi connectivity index (χ1) is 13.1. The third-order valence-electron chi connectivity index (χ3n) is 5.03. The number of hydrogen-bond acceptors (Lipinski definition) is 4. The molecular formula is C22H26N2O3. The number of likely N-dealkylation sites (tertiary alicyclic amines) is 1. The number of carbonyl (C=O) groups excluding carboxylic acids is 1. The first-order valence-corrected chi connectivity index (χ1v) is 9.29. The van der Waals surface area contributed by atoms with E-state index in [0.717, 1.165) is 32.5 Å². The predicted molar refractivity (Wildman–Crippen MR) is 107 cm³/mol. The van der Waals surface area contributed by atoms with Crippen LogP contribution in [0, 0.1) is 0 Å². The van der Waals surface area contributed by atoms with Gasteiger partial charge >= 0.3 is 0 Å². The van der Waals surface area contributed by atoms with E-state index in [1.54, 1.807) is 12.1 Å². The van der Waals surface area contributed by atoms with E-state index in [1.165, 1.54) is 29.3 Å². The van der Waals surface area contributed by atoms with E-state index in [1.807, 2.05) is 11.9 Å². The molecule has 0 saturated carbocycles. The maximum Gasteiger partial charge on any atom is 0.246 e. The number of piperidine rings is 1. The Kier molecular flexibility index (Phi) is 6.14. The Bertz CT molecular complexity index is 824. The third kappa shape index (κ3) is 4.89. The van der Waals surface area contributed by atoms with Crippen molar-refractivity contribution in [2.75, 3.05) is 20.1 Å². The second-order valence-electron chi connectivity index (χ2n) is 6.96. The summed E-state index contributed by atoms with van der Waals surface area (Å²) in [5.74, 6) is 0.110. The maximum absolute atomic E-state index is 12.4. The Morgan fingerprint density at radius 3 is 2.63 bits per heavy atom. The highest BCUT2D eigenvalue weighted by atomic mass is 16.3. The van der Waals surface area contributed by atoms with E-state index in [4.69, 9.17) is 0 Å². The molecule has 5 nitrogen and oxygen atoms in total. The molecule has 3 N–H and O–H groups in total. The quantitative estimate of drug-likeness (QED) is 0.561. The summed E-state index contributed by atoms with van der Waals surface area (Å²) in [5.41, 5.74) is 3.31. The van der Waals surface area contributed by atoms with Gasteiger partial charge in [-0.3, -0.25) is 4.79 Å². The van der Waals surface area contributed by atoms with Crippen LogP contribution < -0.4 is 5.32 Å². The van der Waals surface area contributed by atoms with E-state index < -0.39 is 0 Å². The van der Waals surface area contributed by atoms with Crippen molar-refractivity contribution in [2.45, 2.75) is 25.3 Å². The van der Waals surface area contributed by atoms with E-state index in [-0.39, 0.29) is 17.4 Å². The number of nitrogens with one attached hydrogen (secondary N) is 1. The summed E-state index contributed by atoms with van der Waals surface area (Å²) in [7, 11) is 1.95. The Morgan fingerprint density at radius 2 is 1.93 bits per heavy atom. The van der Waals surface area contributed by atoms with Gasteiger partial charge in [0, 0.05) is 25.7 Å². The molecule has 0 bridgehead atoms. The van der Waals surface area contributed by atoms with E-state index in [0.29, 0.717) is 11.5 Å². The molecule has 0 aliphatic carbocycles. The van der Waals surface area contributed by atoms with Crippen LogP contribution in [0.5, 0.6) is 11.5 Å². The van der Waals surface area contributed by atoms with Gasteiger partial charge in [0.25, 0.3) is 0 Å². The lowest BCUT2D eigenvalue weighted by Crippen LogP contribution is -2.36. The number of hydrogen-bond donors (Lipinski definition) is 3. The molecule has 1 aliphatic rings. The van der Waals surface area contributed by atoms with Crippen molar-refractivity contribution in [3.8, 4) is 11.5 Å². The van der Waals surface area contributed by atoms with Gasteiger partial charge in [-0.05, 0) is 60.7 Å². The van der Waals surface area contributed by atoms with E-state index in [9.17, 15) is 15.0 Å². The Morgan fingerprint density at radius 1 is 1.15 bits per heavy atom. The first-order valence-electron chi connectivity index (χ1n) is 9.29. The van der Waals surface area contributed by atoms with E-state index in [2.05, 4.69) is 29.6 Å². The molecule has 1 amide bonds. The van der Waals surface area contributed by atoms with Crippen molar-refractivity contribution >= 4 is 12.0 Å². The number of phenols is 2. The van der Waals surface area contributed by atoms with Crippen LogP contribution in [0.1, 0.15) is 35.4 Å². The second-order valence-corrected chi connectivity index (χ2v) is 6.96. The van der Waals surface area contributed by atoms with Gasteiger partial charge in [-0.1, -0.05) is 30.3 Å². The summed E-state index contributed by atoms with van der Waals surface area (Å²) in [4.78, 5) is 14.3. The summed E-state index contributed by atoms with van der Waals surface area (Å²) < 4.78 is 0. The number of phenolic OH excluding ortho intramolecular Hbond substituents is 2. The molecular weight excluding hydrogens is 340 g/mol. The Balaban J connectivity index is 1.56. The Labute approximate surface area is 160 Å². The molecule has 0 radical (unpaired) electrons. The van der Waals surface area contributed by atoms with Gasteiger partial charge in [-0.2, -0.15) is 0 Å². The fourth-order valence-corrected chi connectivity index (χ4v) is 3.51. The van der Waals surface area contributed by atoms with Crippen LogP contribution in [0.2, 0.25) is 0 Å². The molecule has 2 aromatic rings. The minimum absolute atomic E-state index is 0.0232. The molecule has 3 rings (SSSR count). The normalized spacial score (nSPS) is 15.4. The molecule has 0 unspecified atom stereocenters. The number of nitrogens with zero attached hydrogens (tertiary/aromatic N) is 1. The van der Waals surface area contributed by atoms with Gasteiger partial charge in [0.15, 0.2) is 11.5 Å². The van der Waals surface area contributed by atoms with Gasteiger partial charge in [0.1, 0.15) is 0 Å². The molecule has 27 heavy (non-hydrogen) atoms. The van der Waals surface area contributed by atoms with Crippen molar-refractivity contribution in [3.63, 3.8) is 0 Å². The summed E-state index contributed by atoms with van der Waals surface area (Å²) in [6.45, 7) is 2.35. The van der Waals surface area contributed by atoms with Crippen LogP contribution in [0.15, 0.2) is 48.5 Å². The number of amides is 1. The summed E-state index contributed by atoms with van der Waals surface area (Å²) in [5, 5.41) is 22.0. The van der Waals surface area contributed by atoms with Crippen molar-refractivity contribution < 1.29 is 15.0 Å². The van der Waals surface area contributed by atoms with Crippen molar-refractivity contribution in [1.82, 2.24) is 10.2 Å². The van der Waals surface area contributed by atoms with Crippen LogP contribution in [0.3, 0.4) is 0 Å². The molecule has 1 saturated heterocycles. The largest absolute Gasteiger partial charge is 0.504 e. The maximum atomic E-state index is 12.4. The minimum atomic E-state index is -0.189. The molecule has 1 heterocycles. The average Bonchev–Trinajstić information content (AvgIpc) is 2.69. The Hall–Kier alpha value is -2.79. The zero-order valence-corrected chi connectivity index (χ0v) is 15.6. The molecule has 5 heteroatoms. The standard InChI is InChI=1S/C22H26N2O3/c1-23-15-17-3-2-4-19(13-17)18-9-11-24(12-10-18)22(27)8-6-16-5-7-20(25)21(26)14-16/h2-8,13-14,18,23,25-26H,9-12,15H2,1H3/b8-6-. The van der Waals surface area contributed by atoms with Crippen LogP contribution in [-0.2, 0) is 11.3 Å². The van der Waals surface area contributed by atoms with Crippen LogP contribution >= 0.6 is 0 Å². The molecule has 0 atom stereocenters. The fraction of sp³-hybridized carbons (Fsp3) is 0.318. The van der Waals surface area contributed by atoms with Crippen molar-refractivity contribution in [2.24, 2.45) is 0 Å². The fourth-order valence-electron chi connectivity index (χ4n) is 3.51. The van der Waals surface area contributed by atoms with Gasteiger partial charge in [0.2, 0.25) is 5.91 Å². The highest BCUT2D eigenvalue weighted by Crippen LogP contribution is 2.29. The van der Waals surface area contributed by atoms with Crippen LogP contribution in [0.4, 0.5) is 0 Å². The summed E-state index contributed by atoms with van der Waals surface area (Å²) >= 11 is 0. The highest BCUT2D eigenvalue weighted by molar-refractivity contribution is 5.92. The van der Waals surface area contributed by atoms with Gasteiger partial charge in [0.05, 0.1) is 0 Å². The van der Waals surface area contributed by atoms with Gasteiger partial charge in [-0.25, -0.2) is 0 Å². The number of rotatable bonds is 5. The molecule has 1 aliphatic heterocycles. The SMILES string of the molecule is CNCc1cccc(C2CCN(C(=O)/C=C\c3ccc(O)c(O)c3)CC2)c1. The molecule has 0 aromatic heterocycles. The monoisotopic (exact) mass is 366 g/mol. The lowest BCUT2D eigenvalue weighted by molar-refractivity contribution is -0.126. The number of benzene rings is 2. The minimum Gasteiger partial charge on any atom is -0.504 e. The predicted octanol–water partition coefficient (Wildman–Crippen LogP) is 3.24. The molecule has 1 fully saturated rings. The van der Waals surface area contributed by atoms with Crippen LogP contribution in [-0.4, -0.2) is 41.2 Å². The first kappa shape index (κ1) is 19.0. The lowest BCUT2D eigenvalue weighted by Gasteiger charge is -2.31. The smallest absolute Gasteiger partial charge is 0.246 e. The number of aromatic hydroxyl groups is 2. The third-order valence-corrected chi connectivity index (χ3v) is 5.03. The molecule has 2 aromatic carbocycles. The van der Waals surface area contributed by atoms with Crippen molar-refractivity contribution in [1.29, 1.82) is 0 Å². The summed E-state index contributed by atoms with van der Waals surface area (Å²) in [6.07, 6.45) is 5.11. The highest BCUT2D eigenvalue weighted by Gasteiger charge is 2.22. The zero-order chi connectivity index (χ0) is 19.2. The second kappa shape index (κ2) is 8.73. The molecule has 0 spiro atoms. The lowest BCUT2D eigenvalue weighted by atomic mass is 9.88. The van der Waals surface area contributed by atoms with Crippen molar-refractivity contribution in [3.05, 3.63) is 65.2 Å².